The van der Waals surface area contributed by atoms with E-state index in [1.165, 1.54) is 21.8 Å². The molecule has 1 radical (unpaired) electrons. The summed E-state index contributed by atoms with van der Waals surface area (Å²) in [5.41, 5.74) is 4.58. The molecule has 3 aromatic carbocycles. The van der Waals surface area contributed by atoms with E-state index in [0.29, 0.717) is 5.76 Å². The maximum Gasteiger partial charge on any atom is 0.0939 e. The maximum atomic E-state index is 9.88. The number of benzene rings is 3. The van der Waals surface area contributed by atoms with E-state index in [1.807, 2.05) is 12.3 Å². The van der Waals surface area contributed by atoms with E-state index in [1.54, 1.807) is 6.08 Å². The van der Waals surface area contributed by atoms with E-state index < -0.39 is 6.10 Å². The Hall–Kier alpha value is -3.24. The largest absolute Gasteiger partial charge is 0.512 e. The molecule has 0 aliphatic rings. The molecule has 41 heavy (non-hydrogen) atoms. The molecule has 5 heteroatoms. The van der Waals surface area contributed by atoms with Crippen molar-refractivity contribution in [1.82, 2.24) is 9.38 Å². The number of fused-ring (bicyclic) bond motifs is 9. The summed E-state index contributed by atoms with van der Waals surface area (Å²) in [6.07, 6.45) is 6.75. The van der Waals surface area contributed by atoms with Crippen molar-refractivity contribution in [1.29, 1.82) is 0 Å². The second-order valence-corrected chi connectivity index (χ2v) is 10.6. The van der Waals surface area contributed by atoms with Crippen molar-refractivity contribution >= 4 is 49.0 Å². The summed E-state index contributed by atoms with van der Waals surface area (Å²) in [6, 6.07) is 29.2. The molecule has 0 fully saturated rings. The first-order valence-electron chi connectivity index (χ1n) is 14.6. The molecular formula is C36H39IrN2O2-. The summed E-state index contributed by atoms with van der Waals surface area (Å²) in [4.78, 5) is 4.69. The molecule has 0 spiro atoms. The van der Waals surface area contributed by atoms with Crippen LogP contribution in [-0.4, -0.2) is 25.7 Å². The number of aliphatic hydroxyl groups is 2. The summed E-state index contributed by atoms with van der Waals surface area (Å²) >= 11 is 0. The molecule has 6 rings (SSSR count). The monoisotopic (exact) mass is 724 g/mol. The van der Waals surface area contributed by atoms with Gasteiger partial charge in [0.1, 0.15) is 0 Å². The zero-order valence-corrected chi connectivity index (χ0v) is 26.7. The molecule has 0 bridgehead atoms. The van der Waals surface area contributed by atoms with Crippen LogP contribution in [0.15, 0.2) is 90.8 Å². The number of hydrogen-bond donors (Lipinski definition) is 2. The molecule has 215 valence electrons. The van der Waals surface area contributed by atoms with Gasteiger partial charge in [0.2, 0.25) is 0 Å². The number of aliphatic hydroxyl groups excluding tert-OH is 2. The zero-order chi connectivity index (χ0) is 28.2. The van der Waals surface area contributed by atoms with Crippen molar-refractivity contribution in [3.63, 3.8) is 0 Å². The van der Waals surface area contributed by atoms with Crippen LogP contribution >= 0.6 is 0 Å². The summed E-state index contributed by atoms with van der Waals surface area (Å²) in [5.74, 6) is 0.829. The van der Waals surface area contributed by atoms with Crippen LogP contribution in [0.25, 0.3) is 49.0 Å². The Labute approximate surface area is 256 Å². The standard InChI is InChI=1S/C23H13N2.C13H26O2.Ir/c1-2-7-16-13-22-19(12-15(16)6-1)23-18(9-5-11-24-23)21-14-17-8-3-4-10-20(17)25(21)22;1-5-10(6-2)12(14)9-13(15)11(7-3)8-4;/h1-11,13-14H;9-12,14-15H,5-8H2,1-4H3;/q-1;;/b;13-9-;. The van der Waals surface area contributed by atoms with Gasteiger partial charge in [-0.2, -0.15) is 0 Å². The number of allylic oxidation sites excluding steroid dienone is 1. The Bertz CT molecular complexity index is 1800. The van der Waals surface area contributed by atoms with E-state index in [2.05, 4.69) is 105 Å². The third-order valence-electron chi connectivity index (χ3n) is 8.32. The number of pyridine rings is 2. The van der Waals surface area contributed by atoms with Gasteiger partial charge in [0.15, 0.2) is 0 Å². The second kappa shape index (κ2) is 13.6. The topological polar surface area (TPSA) is 57.8 Å². The summed E-state index contributed by atoms with van der Waals surface area (Å²) < 4.78 is 2.34. The van der Waals surface area contributed by atoms with Crippen LogP contribution in [0, 0.1) is 17.9 Å². The molecule has 0 saturated carbocycles. The quantitative estimate of drug-likeness (QED) is 0.0747. The normalized spacial score (nSPS) is 12.8. The van der Waals surface area contributed by atoms with E-state index in [0.717, 1.165) is 52.9 Å². The minimum absolute atomic E-state index is 0. The fourth-order valence-electron chi connectivity index (χ4n) is 5.86. The number of aromatic nitrogens is 2. The van der Waals surface area contributed by atoms with Gasteiger partial charge in [0.25, 0.3) is 0 Å². The number of para-hydroxylation sites is 1. The van der Waals surface area contributed by atoms with E-state index in [-0.39, 0.29) is 31.9 Å². The Balaban J connectivity index is 0.000000212. The molecule has 4 nitrogen and oxygen atoms in total. The summed E-state index contributed by atoms with van der Waals surface area (Å²) in [7, 11) is 0. The van der Waals surface area contributed by atoms with E-state index >= 15 is 0 Å². The molecule has 3 aromatic heterocycles. The van der Waals surface area contributed by atoms with Crippen molar-refractivity contribution in [2.24, 2.45) is 11.8 Å². The van der Waals surface area contributed by atoms with Crippen molar-refractivity contribution < 1.29 is 30.3 Å². The predicted octanol–water partition coefficient (Wildman–Crippen LogP) is 9.41. The smallest absolute Gasteiger partial charge is 0.0939 e. The van der Waals surface area contributed by atoms with Crippen LogP contribution in [0.4, 0.5) is 0 Å². The minimum atomic E-state index is -0.499. The van der Waals surface area contributed by atoms with Gasteiger partial charge in [0.05, 0.1) is 11.9 Å². The van der Waals surface area contributed by atoms with Crippen molar-refractivity contribution in [2.45, 2.75) is 59.5 Å². The van der Waals surface area contributed by atoms with Crippen LogP contribution in [0.3, 0.4) is 0 Å². The molecule has 1 unspecified atom stereocenters. The fourth-order valence-corrected chi connectivity index (χ4v) is 5.86. The molecule has 0 amide bonds. The SMILES string of the molecule is CCC(CC)/C(O)=C/C(O)C(CC)CC.[Ir].[c-]1c2ccccc2cc2c1c1ncccc1c1cc3ccccc3n21. The molecular weight excluding hydrogens is 685 g/mol. The maximum absolute atomic E-state index is 9.88. The van der Waals surface area contributed by atoms with Crippen LogP contribution < -0.4 is 0 Å². The van der Waals surface area contributed by atoms with Gasteiger partial charge >= 0.3 is 0 Å². The molecule has 6 aromatic rings. The molecule has 2 N–H and O–H groups in total. The van der Waals surface area contributed by atoms with Gasteiger partial charge in [-0.25, -0.2) is 0 Å². The number of hydrogen-bond acceptors (Lipinski definition) is 3. The van der Waals surface area contributed by atoms with Gasteiger partial charge in [0, 0.05) is 48.8 Å². The first-order chi connectivity index (χ1) is 19.5. The van der Waals surface area contributed by atoms with Crippen molar-refractivity contribution in [2.75, 3.05) is 0 Å². The average Bonchev–Trinajstić information content (AvgIpc) is 3.38. The Morgan fingerprint density at radius 1 is 0.829 bits per heavy atom. The first-order valence-corrected chi connectivity index (χ1v) is 14.6. The molecule has 1 atom stereocenters. The van der Waals surface area contributed by atoms with Crippen LogP contribution in [-0.2, 0) is 20.1 Å². The molecule has 0 aliphatic carbocycles. The van der Waals surface area contributed by atoms with E-state index in [9.17, 15) is 10.2 Å². The van der Waals surface area contributed by atoms with E-state index in [4.69, 9.17) is 4.98 Å². The third-order valence-corrected chi connectivity index (χ3v) is 8.32. The van der Waals surface area contributed by atoms with Crippen molar-refractivity contribution in [3.8, 4) is 0 Å². The molecule has 0 saturated heterocycles. The Kier molecular flexibility index (Phi) is 10.2. The Morgan fingerprint density at radius 2 is 1.49 bits per heavy atom. The number of nitrogens with zero attached hydrogens (tertiary/aromatic N) is 2. The Morgan fingerprint density at radius 3 is 2.20 bits per heavy atom. The zero-order valence-electron chi connectivity index (χ0n) is 24.3. The summed E-state index contributed by atoms with van der Waals surface area (Å²) in [5, 5.41) is 25.5. The van der Waals surface area contributed by atoms with Gasteiger partial charge in [-0.1, -0.05) is 99.8 Å². The minimum Gasteiger partial charge on any atom is -0.512 e. The number of rotatable bonds is 7. The van der Waals surface area contributed by atoms with Gasteiger partial charge in [-0.05, 0) is 59.3 Å². The van der Waals surface area contributed by atoms with Gasteiger partial charge in [-0.15, -0.1) is 17.5 Å². The van der Waals surface area contributed by atoms with Crippen LogP contribution in [0.2, 0.25) is 0 Å². The average molecular weight is 724 g/mol. The third kappa shape index (κ3) is 6.04. The van der Waals surface area contributed by atoms with Crippen LogP contribution in [0.5, 0.6) is 0 Å². The van der Waals surface area contributed by atoms with Crippen LogP contribution in [0.1, 0.15) is 53.4 Å². The van der Waals surface area contributed by atoms with Gasteiger partial charge < -0.3 is 14.6 Å². The second-order valence-electron chi connectivity index (χ2n) is 10.6. The summed E-state index contributed by atoms with van der Waals surface area (Å²) in [6.45, 7) is 8.25. The predicted molar refractivity (Wildman–Crippen MR) is 169 cm³/mol. The van der Waals surface area contributed by atoms with Gasteiger partial charge in [-0.3, -0.25) is 4.98 Å². The molecule has 0 aliphatic heterocycles. The molecule has 3 heterocycles. The first kappa shape index (κ1) is 30.7. The fraction of sp³-hybridized carbons (Fsp3) is 0.306. The van der Waals surface area contributed by atoms with Crippen molar-refractivity contribution in [3.05, 3.63) is 96.9 Å².